The van der Waals surface area contributed by atoms with Crippen molar-refractivity contribution in [3.63, 3.8) is 0 Å². The Balaban J connectivity index is 2.53. The third-order valence-corrected chi connectivity index (χ3v) is 2.90. The Hall–Kier alpha value is -2.55. The second-order valence-electron chi connectivity index (χ2n) is 4.74. The number of nitrogens with one attached hydrogen (secondary N) is 2. The molecule has 0 atom stereocenters. The lowest BCUT2D eigenvalue weighted by atomic mass is 10.3. The van der Waals surface area contributed by atoms with Crippen molar-refractivity contribution in [2.45, 2.75) is 13.8 Å². The molecule has 0 saturated carbocycles. The number of amides is 3. The summed E-state index contributed by atoms with van der Waals surface area (Å²) in [5.41, 5.74) is -0.159. The van der Waals surface area contributed by atoms with Crippen LogP contribution in [0.2, 0.25) is 0 Å². The van der Waals surface area contributed by atoms with Gasteiger partial charge >= 0.3 is 6.09 Å². The highest BCUT2D eigenvalue weighted by Crippen LogP contribution is 2.14. The van der Waals surface area contributed by atoms with Crippen molar-refractivity contribution >= 4 is 23.6 Å². The molecule has 24 heavy (non-hydrogen) atoms. The van der Waals surface area contributed by atoms with Gasteiger partial charge in [-0.25, -0.2) is 13.6 Å². The molecule has 1 aromatic carbocycles. The number of anilines is 1. The van der Waals surface area contributed by atoms with Gasteiger partial charge in [-0.15, -0.1) is 0 Å². The summed E-state index contributed by atoms with van der Waals surface area (Å²) in [6.45, 7) is 3.36. The van der Waals surface area contributed by atoms with Gasteiger partial charge in [-0.3, -0.25) is 19.8 Å². The fourth-order valence-electron chi connectivity index (χ4n) is 1.79. The number of halogens is 2. The molecule has 0 fully saturated rings. The molecule has 132 valence electrons. The zero-order valence-corrected chi connectivity index (χ0v) is 13.4. The smallest absolute Gasteiger partial charge is 0.413 e. The topological polar surface area (TPSA) is 87.7 Å². The molecule has 0 aliphatic heterocycles. The SMILES string of the molecule is CCOC(=O)NC(=O)CN(CC)CC(=O)Nc1ccc(F)cc1F. The third kappa shape index (κ3) is 6.69. The largest absolute Gasteiger partial charge is 0.450 e. The minimum absolute atomic E-state index is 0.127. The quantitative estimate of drug-likeness (QED) is 0.783. The maximum absolute atomic E-state index is 13.5. The van der Waals surface area contributed by atoms with Crippen LogP contribution in [-0.2, 0) is 14.3 Å². The summed E-state index contributed by atoms with van der Waals surface area (Å²) in [6.07, 6.45) is -0.864. The Bertz CT molecular complexity index is 610. The van der Waals surface area contributed by atoms with Crippen LogP contribution < -0.4 is 10.6 Å². The lowest BCUT2D eigenvalue weighted by Crippen LogP contribution is -2.43. The summed E-state index contributed by atoms with van der Waals surface area (Å²) in [5, 5.41) is 4.30. The maximum Gasteiger partial charge on any atom is 0.413 e. The number of hydrogen-bond donors (Lipinski definition) is 2. The second kappa shape index (κ2) is 9.56. The average molecular weight is 343 g/mol. The van der Waals surface area contributed by atoms with Crippen LogP contribution in [0.4, 0.5) is 19.3 Å². The van der Waals surface area contributed by atoms with Crippen LogP contribution in [0.5, 0.6) is 0 Å². The molecule has 0 spiro atoms. The van der Waals surface area contributed by atoms with Crippen LogP contribution >= 0.6 is 0 Å². The van der Waals surface area contributed by atoms with E-state index in [1.165, 1.54) is 4.90 Å². The van der Waals surface area contributed by atoms with Crippen molar-refractivity contribution in [1.82, 2.24) is 10.2 Å². The van der Waals surface area contributed by atoms with Gasteiger partial charge < -0.3 is 10.1 Å². The average Bonchev–Trinajstić information content (AvgIpc) is 2.49. The van der Waals surface area contributed by atoms with E-state index in [9.17, 15) is 23.2 Å². The number of carbonyl (C=O) groups excluding carboxylic acids is 3. The molecule has 0 saturated heterocycles. The minimum Gasteiger partial charge on any atom is -0.450 e. The summed E-state index contributed by atoms with van der Waals surface area (Å²) >= 11 is 0. The van der Waals surface area contributed by atoms with Gasteiger partial charge in [-0.2, -0.15) is 0 Å². The first-order chi connectivity index (χ1) is 11.3. The van der Waals surface area contributed by atoms with Gasteiger partial charge in [-0.1, -0.05) is 6.92 Å². The Morgan fingerprint density at radius 3 is 2.38 bits per heavy atom. The van der Waals surface area contributed by atoms with Crippen molar-refractivity contribution in [1.29, 1.82) is 0 Å². The van der Waals surface area contributed by atoms with E-state index in [0.29, 0.717) is 12.6 Å². The van der Waals surface area contributed by atoms with E-state index in [1.54, 1.807) is 13.8 Å². The number of hydrogen-bond acceptors (Lipinski definition) is 5. The van der Waals surface area contributed by atoms with Gasteiger partial charge in [0.25, 0.3) is 0 Å². The number of ether oxygens (including phenoxy) is 1. The van der Waals surface area contributed by atoms with E-state index in [0.717, 1.165) is 12.1 Å². The van der Waals surface area contributed by atoms with Crippen LogP contribution in [0.3, 0.4) is 0 Å². The number of rotatable bonds is 7. The molecule has 1 rings (SSSR count). The molecule has 0 aliphatic rings. The summed E-state index contributed by atoms with van der Waals surface area (Å²) in [6, 6.07) is 2.77. The van der Waals surface area contributed by atoms with Crippen molar-refractivity contribution in [3.05, 3.63) is 29.8 Å². The molecule has 2 N–H and O–H groups in total. The van der Waals surface area contributed by atoms with Crippen LogP contribution in [0.1, 0.15) is 13.8 Å². The van der Waals surface area contributed by atoms with Crippen molar-refractivity contribution in [3.8, 4) is 0 Å². The molecule has 0 aromatic heterocycles. The number of alkyl carbamates (subject to hydrolysis) is 1. The Labute approximate surface area is 138 Å². The van der Waals surface area contributed by atoms with Gasteiger partial charge in [-0.05, 0) is 25.6 Å². The Kier molecular flexibility index (Phi) is 7.76. The van der Waals surface area contributed by atoms with E-state index in [4.69, 9.17) is 0 Å². The standard InChI is InChI=1S/C15H19F2N3O4/c1-3-20(9-14(22)19-15(23)24-4-2)8-13(21)18-12-6-5-10(16)7-11(12)17/h5-7H,3-4,8-9H2,1-2H3,(H,18,21)(H,19,22,23). The fraction of sp³-hybridized carbons (Fsp3) is 0.400. The highest BCUT2D eigenvalue weighted by molar-refractivity contribution is 5.94. The highest BCUT2D eigenvalue weighted by Gasteiger charge is 2.16. The first kappa shape index (κ1) is 19.5. The number of carbonyl (C=O) groups is 3. The molecule has 1 aromatic rings. The summed E-state index contributed by atoms with van der Waals surface area (Å²) in [5.74, 6) is -2.86. The van der Waals surface area contributed by atoms with Gasteiger partial charge in [0.15, 0.2) is 0 Å². The third-order valence-electron chi connectivity index (χ3n) is 2.90. The minimum atomic E-state index is -0.897. The van der Waals surface area contributed by atoms with Crippen LogP contribution in [0.25, 0.3) is 0 Å². The van der Waals surface area contributed by atoms with Gasteiger partial charge in [0.2, 0.25) is 11.8 Å². The molecule has 0 heterocycles. The first-order valence-corrected chi connectivity index (χ1v) is 7.29. The molecule has 0 unspecified atom stereocenters. The molecule has 0 radical (unpaired) electrons. The summed E-state index contributed by atoms with van der Waals surface area (Å²) in [7, 11) is 0. The van der Waals surface area contributed by atoms with Crippen LogP contribution in [0.15, 0.2) is 18.2 Å². The fourth-order valence-corrected chi connectivity index (χ4v) is 1.79. The zero-order valence-electron chi connectivity index (χ0n) is 13.4. The van der Waals surface area contributed by atoms with E-state index in [-0.39, 0.29) is 25.4 Å². The van der Waals surface area contributed by atoms with Crippen LogP contribution in [-0.4, -0.2) is 49.0 Å². The van der Waals surface area contributed by atoms with Crippen molar-refractivity contribution < 1.29 is 27.9 Å². The second-order valence-corrected chi connectivity index (χ2v) is 4.74. The molecule has 9 heteroatoms. The number of benzene rings is 1. The molecular weight excluding hydrogens is 324 g/mol. The maximum atomic E-state index is 13.5. The molecule has 0 aliphatic carbocycles. The van der Waals surface area contributed by atoms with Gasteiger partial charge in [0.05, 0.1) is 25.4 Å². The first-order valence-electron chi connectivity index (χ1n) is 7.29. The van der Waals surface area contributed by atoms with Crippen molar-refractivity contribution in [2.24, 2.45) is 0 Å². The van der Waals surface area contributed by atoms with Gasteiger partial charge in [0, 0.05) is 6.07 Å². The Morgan fingerprint density at radius 1 is 1.12 bits per heavy atom. The molecular formula is C15H19F2N3O4. The van der Waals surface area contributed by atoms with Crippen LogP contribution in [0, 0.1) is 11.6 Å². The predicted molar refractivity (Wildman–Crippen MR) is 82.3 cm³/mol. The number of nitrogens with zero attached hydrogens (tertiary/aromatic N) is 1. The molecule has 3 amide bonds. The zero-order chi connectivity index (χ0) is 18.1. The van der Waals surface area contributed by atoms with E-state index in [2.05, 4.69) is 10.1 Å². The molecule has 0 bridgehead atoms. The predicted octanol–water partition coefficient (Wildman–Crippen LogP) is 1.50. The number of likely N-dealkylation sites (N-methyl/N-ethyl adjacent to an activating group) is 1. The monoisotopic (exact) mass is 343 g/mol. The summed E-state index contributed by atoms with van der Waals surface area (Å²) in [4.78, 5) is 36.1. The summed E-state index contributed by atoms with van der Waals surface area (Å²) < 4.78 is 30.9. The van der Waals surface area contributed by atoms with Crippen molar-refractivity contribution in [2.75, 3.05) is 31.6 Å². The number of imide groups is 1. The van der Waals surface area contributed by atoms with E-state index >= 15 is 0 Å². The Morgan fingerprint density at radius 2 is 1.79 bits per heavy atom. The van der Waals surface area contributed by atoms with E-state index in [1.807, 2.05) is 5.32 Å². The van der Waals surface area contributed by atoms with Gasteiger partial charge in [0.1, 0.15) is 11.6 Å². The highest BCUT2D eigenvalue weighted by atomic mass is 19.1. The molecule has 7 nitrogen and oxygen atoms in total. The lowest BCUT2D eigenvalue weighted by Gasteiger charge is -2.19. The lowest BCUT2D eigenvalue weighted by molar-refractivity contribution is -0.122. The normalized spacial score (nSPS) is 10.4. The van der Waals surface area contributed by atoms with E-state index < -0.39 is 29.5 Å².